The topological polar surface area (TPSA) is 30.5 Å². The van der Waals surface area contributed by atoms with Gasteiger partial charge in [-0.15, -0.1) is 0 Å². The highest BCUT2D eigenvalue weighted by atomic mass is 35.5. The van der Waals surface area contributed by atoms with Crippen LogP contribution >= 0.6 is 23.2 Å². The summed E-state index contributed by atoms with van der Waals surface area (Å²) in [5.74, 6) is 1.36. The molecule has 3 rings (SSSR count). The lowest BCUT2D eigenvalue weighted by atomic mass is 10.1. The van der Waals surface area contributed by atoms with E-state index >= 15 is 0 Å². The molecule has 0 bridgehead atoms. The highest BCUT2D eigenvalue weighted by Crippen LogP contribution is 2.30. The second-order valence-electron chi connectivity index (χ2n) is 6.37. The van der Waals surface area contributed by atoms with E-state index in [2.05, 4.69) is 30.4 Å². The molecule has 0 saturated heterocycles. The van der Waals surface area contributed by atoms with Crippen molar-refractivity contribution in [1.82, 2.24) is 0 Å². The van der Waals surface area contributed by atoms with Crippen LogP contribution in [0.25, 0.3) is 0 Å². The first-order chi connectivity index (χ1) is 13.6. The summed E-state index contributed by atoms with van der Waals surface area (Å²) in [7, 11) is 1.64. The first-order valence-corrected chi connectivity index (χ1v) is 9.91. The van der Waals surface area contributed by atoms with Crippen molar-refractivity contribution in [3.8, 4) is 11.5 Å². The van der Waals surface area contributed by atoms with Crippen molar-refractivity contribution < 1.29 is 9.47 Å². The predicted molar refractivity (Wildman–Crippen MR) is 117 cm³/mol. The minimum atomic E-state index is 0.341. The first kappa shape index (κ1) is 20.4. The Labute approximate surface area is 176 Å². The lowest BCUT2D eigenvalue weighted by molar-refractivity contribution is 0.284. The standard InChI is InChI=1S/C23H23Cl2NO2/c1-3-17-6-4-5-7-21(17)26-14-16-8-11-22(23(12-16)27-2)28-15-18-9-10-19(24)13-20(18)25/h4-13,26H,3,14-15H2,1-2H3. The van der Waals surface area contributed by atoms with Crippen molar-refractivity contribution in [3.63, 3.8) is 0 Å². The minimum absolute atomic E-state index is 0.341. The van der Waals surface area contributed by atoms with Gasteiger partial charge in [-0.25, -0.2) is 0 Å². The number of halogens is 2. The molecule has 1 N–H and O–H groups in total. The Balaban J connectivity index is 1.68. The molecule has 3 nitrogen and oxygen atoms in total. The van der Waals surface area contributed by atoms with Gasteiger partial charge in [0, 0.05) is 27.8 Å². The minimum Gasteiger partial charge on any atom is -0.493 e. The van der Waals surface area contributed by atoms with Gasteiger partial charge in [0.15, 0.2) is 11.5 Å². The zero-order valence-electron chi connectivity index (χ0n) is 16.0. The summed E-state index contributed by atoms with van der Waals surface area (Å²) in [5, 5.41) is 4.69. The van der Waals surface area contributed by atoms with E-state index in [0.717, 1.165) is 23.2 Å². The van der Waals surface area contributed by atoms with Crippen LogP contribution in [-0.4, -0.2) is 7.11 Å². The molecule has 0 atom stereocenters. The lowest BCUT2D eigenvalue weighted by Crippen LogP contribution is -2.03. The molecular weight excluding hydrogens is 393 g/mol. The normalized spacial score (nSPS) is 10.6. The summed E-state index contributed by atoms with van der Waals surface area (Å²) in [4.78, 5) is 0. The van der Waals surface area contributed by atoms with E-state index in [1.54, 1.807) is 19.2 Å². The molecule has 146 valence electrons. The molecule has 5 heteroatoms. The lowest BCUT2D eigenvalue weighted by Gasteiger charge is -2.14. The number of nitrogens with one attached hydrogen (secondary N) is 1. The number of hydrogen-bond donors (Lipinski definition) is 1. The van der Waals surface area contributed by atoms with Crippen molar-refractivity contribution in [1.29, 1.82) is 0 Å². The first-order valence-electron chi connectivity index (χ1n) is 9.16. The van der Waals surface area contributed by atoms with Crippen molar-refractivity contribution in [2.75, 3.05) is 12.4 Å². The Kier molecular flexibility index (Phi) is 7.07. The van der Waals surface area contributed by atoms with Crippen LogP contribution in [0.4, 0.5) is 5.69 Å². The van der Waals surface area contributed by atoms with Crippen LogP contribution in [0.3, 0.4) is 0 Å². The van der Waals surface area contributed by atoms with Gasteiger partial charge in [-0.05, 0) is 47.9 Å². The quantitative estimate of drug-likeness (QED) is 0.440. The van der Waals surface area contributed by atoms with Crippen molar-refractivity contribution >= 4 is 28.9 Å². The van der Waals surface area contributed by atoms with Gasteiger partial charge in [0.05, 0.1) is 7.11 Å². The van der Waals surface area contributed by atoms with Gasteiger partial charge in [-0.3, -0.25) is 0 Å². The van der Waals surface area contributed by atoms with E-state index in [0.29, 0.717) is 34.7 Å². The second kappa shape index (κ2) is 9.72. The molecule has 0 radical (unpaired) electrons. The summed E-state index contributed by atoms with van der Waals surface area (Å²) in [5.41, 5.74) is 4.44. The highest BCUT2D eigenvalue weighted by molar-refractivity contribution is 6.35. The summed E-state index contributed by atoms with van der Waals surface area (Å²) >= 11 is 12.2. The summed E-state index contributed by atoms with van der Waals surface area (Å²) in [6, 6.07) is 19.7. The smallest absolute Gasteiger partial charge is 0.161 e. The molecule has 3 aromatic carbocycles. The van der Waals surface area contributed by atoms with E-state index in [9.17, 15) is 0 Å². The molecule has 0 aliphatic carbocycles. The van der Waals surface area contributed by atoms with Gasteiger partial charge in [-0.2, -0.15) is 0 Å². The summed E-state index contributed by atoms with van der Waals surface area (Å²) in [6.07, 6.45) is 0.993. The molecule has 0 unspecified atom stereocenters. The fraction of sp³-hybridized carbons (Fsp3) is 0.217. The van der Waals surface area contributed by atoms with Crippen molar-refractivity contribution in [3.05, 3.63) is 87.4 Å². The highest BCUT2D eigenvalue weighted by Gasteiger charge is 2.09. The van der Waals surface area contributed by atoms with Gasteiger partial charge >= 0.3 is 0 Å². The number of anilines is 1. The largest absolute Gasteiger partial charge is 0.493 e. The zero-order valence-corrected chi connectivity index (χ0v) is 17.5. The maximum atomic E-state index is 6.21. The van der Waals surface area contributed by atoms with Crippen LogP contribution in [0.15, 0.2) is 60.7 Å². The molecule has 28 heavy (non-hydrogen) atoms. The average molecular weight is 416 g/mol. The van der Waals surface area contributed by atoms with Crippen LogP contribution in [0.1, 0.15) is 23.6 Å². The molecular formula is C23H23Cl2NO2. The van der Waals surface area contributed by atoms with Crippen LogP contribution in [-0.2, 0) is 19.6 Å². The average Bonchev–Trinajstić information content (AvgIpc) is 2.72. The predicted octanol–water partition coefficient (Wildman–Crippen LogP) is 6.76. The van der Waals surface area contributed by atoms with Gasteiger partial charge in [0.1, 0.15) is 6.61 Å². The molecule has 0 spiro atoms. The van der Waals surface area contributed by atoms with E-state index in [-0.39, 0.29) is 0 Å². The molecule has 0 aliphatic rings. The SMILES string of the molecule is CCc1ccccc1NCc1ccc(OCc2ccc(Cl)cc2Cl)c(OC)c1. The fourth-order valence-corrected chi connectivity index (χ4v) is 3.40. The Morgan fingerprint density at radius 1 is 0.893 bits per heavy atom. The number of hydrogen-bond acceptors (Lipinski definition) is 3. The van der Waals surface area contributed by atoms with Gasteiger partial charge in [-0.1, -0.05) is 60.5 Å². The number of aryl methyl sites for hydroxylation is 1. The Morgan fingerprint density at radius 3 is 2.46 bits per heavy atom. The Hall–Kier alpha value is -2.36. The monoisotopic (exact) mass is 415 g/mol. The maximum absolute atomic E-state index is 6.21. The number of ether oxygens (including phenoxy) is 2. The van der Waals surface area contributed by atoms with Crippen LogP contribution in [0, 0.1) is 0 Å². The molecule has 0 heterocycles. The number of benzene rings is 3. The van der Waals surface area contributed by atoms with E-state index in [1.165, 1.54) is 5.56 Å². The number of rotatable bonds is 8. The summed E-state index contributed by atoms with van der Waals surface area (Å²) in [6.45, 7) is 3.20. The third-order valence-corrected chi connectivity index (χ3v) is 5.09. The van der Waals surface area contributed by atoms with Gasteiger partial charge < -0.3 is 14.8 Å². The molecule has 3 aromatic rings. The third-order valence-electron chi connectivity index (χ3n) is 4.51. The molecule has 0 aliphatic heterocycles. The third kappa shape index (κ3) is 5.12. The van der Waals surface area contributed by atoms with E-state index < -0.39 is 0 Å². The van der Waals surface area contributed by atoms with E-state index in [1.807, 2.05) is 30.3 Å². The summed E-state index contributed by atoms with van der Waals surface area (Å²) < 4.78 is 11.4. The molecule has 0 fully saturated rings. The van der Waals surface area contributed by atoms with Gasteiger partial charge in [0.25, 0.3) is 0 Å². The number of para-hydroxylation sites is 1. The van der Waals surface area contributed by atoms with Crippen LogP contribution in [0.2, 0.25) is 10.0 Å². The molecule has 0 aromatic heterocycles. The Morgan fingerprint density at radius 2 is 1.71 bits per heavy atom. The Bertz CT molecular complexity index is 944. The molecule has 0 saturated carbocycles. The van der Waals surface area contributed by atoms with Crippen molar-refractivity contribution in [2.24, 2.45) is 0 Å². The zero-order chi connectivity index (χ0) is 19.9. The molecule has 0 amide bonds. The second-order valence-corrected chi connectivity index (χ2v) is 7.22. The van der Waals surface area contributed by atoms with Crippen molar-refractivity contribution in [2.45, 2.75) is 26.5 Å². The number of methoxy groups -OCH3 is 1. The fourth-order valence-electron chi connectivity index (χ4n) is 2.93. The van der Waals surface area contributed by atoms with Crippen LogP contribution < -0.4 is 14.8 Å². The maximum Gasteiger partial charge on any atom is 0.161 e. The van der Waals surface area contributed by atoms with E-state index in [4.69, 9.17) is 32.7 Å². The van der Waals surface area contributed by atoms with Gasteiger partial charge in [0.2, 0.25) is 0 Å². The van der Waals surface area contributed by atoms with Crippen LogP contribution in [0.5, 0.6) is 11.5 Å².